The molecule has 0 amide bonds. The van der Waals surface area contributed by atoms with E-state index in [1.165, 1.54) is 0 Å². The van der Waals surface area contributed by atoms with Crippen molar-refractivity contribution in [1.29, 1.82) is 0 Å². The van der Waals surface area contributed by atoms with E-state index >= 15 is 0 Å². The minimum Gasteiger partial charge on any atom is -0.497 e. The number of piperidine rings is 1. The molecular formula is C15H19NO5. The van der Waals surface area contributed by atoms with Crippen LogP contribution in [0.3, 0.4) is 0 Å². The van der Waals surface area contributed by atoms with Gasteiger partial charge in [0, 0.05) is 0 Å². The molecule has 1 aromatic carbocycles. The van der Waals surface area contributed by atoms with E-state index in [4.69, 9.17) is 14.2 Å². The molecule has 0 aromatic heterocycles. The van der Waals surface area contributed by atoms with Gasteiger partial charge in [0.25, 0.3) is 0 Å². The van der Waals surface area contributed by atoms with Crippen molar-refractivity contribution < 1.29 is 23.8 Å². The number of hydrogen-bond acceptors (Lipinski definition) is 6. The van der Waals surface area contributed by atoms with E-state index in [1.54, 1.807) is 31.4 Å². The second kappa shape index (κ2) is 7.64. The molecule has 0 bridgehead atoms. The lowest BCUT2D eigenvalue weighted by Gasteiger charge is -2.20. The van der Waals surface area contributed by atoms with Gasteiger partial charge in [-0.05, 0) is 50.2 Å². The van der Waals surface area contributed by atoms with Gasteiger partial charge in [-0.3, -0.25) is 4.79 Å². The molecule has 1 fully saturated rings. The summed E-state index contributed by atoms with van der Waals surface area (Å²) in [5, 5.41) is 3.17. The molecule has 1 N–H and O–H groups in total. The quantitative estimate of drug-likeness (QED) is 0.652. The lowest BCUT2D eigenvalue weighted by molar-refractivity contribution is -0.158. The SMILES string of the molecule is COc1ccc(C(=O)OCOC(=O)C2CCNCC2)cc1. The molecular weight excluding hydrogens is 274 g/mol. The Morgan fingerprint density at radius 2 is 1.81 bits per heavy atom. The summed E-state index contributed by atoms with van der Waals surface area (Å²) < 4.78 is 14.9. The number of ether oxygens (including phenoxy) is 3. The molecule has 6 heteroatoms. The van der Waals surface area contributed by atoms with Gasteiger partial charge in [-0.15, -0.1) is 0 Å². The fraction of sp³-hybridized carbons (Fsp3) is 0.467. The van der Waals surface area contributed by atoms with Crippen molar-refractivity contribution in [3.05, 3.63) is 29.8 Å². The third-order valence-electron chi connectivity index (χ3n) is 3.39. The van der Waals surface area contributed by atoms with E-state index in [2.05, 4.69) is 5.32 Å². The van der Waals surface area contributed by atoms with E-state index in [0.717, 1.165) is 25.9 Å². The van der Waals surface area contributed by atoms with Crippen LogP contribution in [0, 0.1) is 5.92 Å². The summed E-state index contributed by atoms with van der Waals surface area (Å²) in [6.07, 6.45) is 1.51. The van der Waals surface area contributed by atoms with Crippen molar-refractivity contribution in [2.24, 2.45) is 5.92 Å². The van der Waals surface area contributed by atoms with Crippen LogP contribution in [0.2, 0.25) is 0 Å². The predicted molar refractivity (Wildman–Crippen MR) is 75.0 cm³/mol. The van der Waals surface area contributed by atoms with Gasteiger partial charge in [-0.1, -0.05) is 0 Å². The summed E-state index contributed by atoms with van der Waals surface area (Å²) in [4.78, 5) is 23.5. The van der Waals surface area contributed by atoms with Gasteiger partial charge in [-0.25, -0.2) is 4.79 Å². The van der Waals surface area contributed by atoms with Crippen molar-refractivity contribution in [2.45, 2.75) is 12.8 Å². The van der Waals surface area contributed by atoms with Gasteiger partial charge in [0.2, 0.25) is 6.79 Å². The number of carbonyl (C=O) groups excluding carboxylic acids is 2. The van der Waals surface area contributed by atoms with E-state index in [-0.39, 0.29) is 18.7 Å². The zero-order chi connectivity index (χ0) is 15.1. The van der Waals surface area contributed by atoms with Crippen LogP contribution in [-0.4, -0.2) is 38.9 Å². The van der Waals surface area contributed by atoms with Gasteiger partial charge in [0.05, 0.1) is 18.6 Å². The summed E-state index contributed by atoms with van der Waals surface area (Å²) in [5.41, 5.74) is 0.383. The van der Waals surface area contributed by atoms with Crippen molar-refractivity contribution in [3.8, 4) is 5.75 Å². The molecule has 2 rings (SSSR count). The van der Waals surface area contributed by atoms with Crippen LogP contribution >= 0.6 is 0 Å². The summed E-state index contributed by atoms with van der Waals surface area (Å²) >= 11 is 0. The average molecular weight is 293 g/mol. The lowest BCUT2D eigenvalue weighted by Crippen LogP contribution is -2.33. The fourth-order valence-electron chi connectivity index (χ4n) is 2.13. The Kier molecular flexibility index (Phi) is 5.57. The number of carbonyl (C=O) groups is 2. The van der Waals surface area contributed by atoms with Crippen molar-refractivity contribution in [2.75, 3.05) is 27.0 Å². The minimum absolute atomic E-state index is 0.106. The Bertz CT molecular complexity index is 479. The molecule has 1 heterocycles. The number of rotatable bonds is 5. The van der Waals surface area contributed by atoms with Gasteiger partial charge in [0.1, 0.15) is 5.75 Å². The molecule has 0 spiro atoms. The van der Waals surface area contributed by atoms with Crippen molar-refractivity contribution in [1.82, 2.24) is 5.32 Å². The first-order chi connectivity index (χ1) is 10.2. The van der Waals surface area contributed by atoms with Crippen LogP contribution in [-0.2, 0) is 14.3 Å². The third kappa shape index (κ3) is 4.46. The molecule has 1 aliphatic heterocycles. The second-order valence-corrected chi connectivity index (χ2v) is 4.77. The van der Waals surface area contributed by atoms with Crippen LogP contribution in [0.4, 0.5) is 0 Å². The molecule has 0 atom stereocenters. The molecule has 0 unspecified atom stereocenters. The molecule has 114 valence electrons. The number of esters is 2. The molecule has 21 heavy (non-hydrogen) atoms. The molecule has 1 aromatic rings. The normalized spacial score (nSPS) is 15.3. The molecule has 0 saturated carbocycles. The molecule has 1 saturated heterocycles. The molecule has 0 aliphatic carbocycles. The van der Waals surface area contributed by atoms with E-state index < -0.39 is 5.97 Å². The van der Waals surface area contributed by atoms with Gasteiger partial charge in [-0.2, -0.15) is 0 Å². The Balaban J connectivity index is 1.74. The highest BCUT2D eigenvalue weighted by atomic mass is 16.7. The molecule has 1 aliphatic rings. The lowest BCUT2D eigenvalue weighted by atomic mass is 9.99. The first-order valence-corrected chi connectivity index (χ1v) is 6.89. The summed E-state index contributed by atoms with van der Waals surface area (Å²) in [6.45, 7) is 1.27. The Hall–Kier alpha value is -2.08. The maximum absolute atomic E-state index is 11.7. The van der Waals surface area contributed by atoms with Crippen LogP contribution in [0.15, 0.2) is 24.3 Å². The van der Waals surface area contributed by atoms with Crippen LogP contribution in [0.1, 0.15) is 23.2 Å². The predicted octanol–water partition coefficient (Wildman–Crippen LogP) is 1.35. The highest BCUT2D eigenvalue weighted by molar-refractivity contribution is 5.89. The van der Waals surface area contributed by atoms with Gasteiger partial charge in [0.15, 0.2) is 0 Å². The van der Waals surface area contributed by atoms with Gasteiger partial charge >= 0.3 is 11.9 Å². The van der Waals surface area contributed by atoms with Crippen LogP contribution in [0.25, 0.3) is 0 Å². The maximum atomic E-state index is 11.7. The second-order valence-electron chi connectivity index (χ2n) is 4.77. The van der Waals surface area contributed by atoms with E-state index in [1.807, 2.05) is 0 Å². The number of hydrogen-bond donors (Lipinski definition) is 1. The zero-order valence-corrected chi connectivity index (χ0v) is 12.0. The standard InChI is InChI=1S/C15H19NO5/c1-19-13-4-2-11(3-5-13)14(17)20-10-21-15(18)12-6-8-16-9-7-12/h2-5,12,16H,6-10H2,1H3. The van der Waals surface area contributed by atoms with Crippen LogP contribution < -0.4 is 10.1 Å². The zero-order valence-electron chi connectivity index (χ0n) is 12.0. The minimum atomic E-state index is -0.532. The third-order valence-corrected chi connectivity index (χ3v) is 3.39. The maximum Gasteiger partial charge on any atom is 0.341 e. The Labute approximate surface area is 123 Å². The topological polar surface area (TPSA) is 73.9 Å². The monoisotopic (exact) mass is 293 g/mol. The average Bonchev–Trinajstić information content (AvgIpc) is 2.55. The summed E-state index contributed by atoms with van der Waals surface area (Å²) in [5.74, 6) is -0.287. The first-order valence-electron chi connectivity index (χ1n) is 6.89. The summed E-state index contributed by atoms with van der Waals surface area (Å²) in [7, 11) is 1.55. The number of methoxy groups -OCH3 is 1. The fourth-order valence-corrected chi connectivity index (χ4v) is 2.13. The Morgan fingerprint density at radius 1 is 1.14 bits per heavy atom. The van der Waals surface area contributed by atoms with Gasteiger partial charge < -0.3 is 19.5 Å². The Morgan fingerprint density at radius 3 is 2.43 bits per heavy atom. The highest BCUT2D eigenvalue weighted by Gasteiger charge is 2.22. The van der Waals surface area contributed by atoms with Crippen LogP contribution in [0.5, 0.6) is 5.75 Å². The smallest absolute Gasteiger partial charge is 0.341 e. The molecule has 0 radical (unpaired) electrons. The molecule has 6 nitrogen and oxygen atoms in total. The van der Waals surface area contributed by atoms with Crippen molar-refractivity contribution in [3.63, 3.8) is 0 Å². The highest BCUT2D eigenvalue weighted by Crippen LogP contribution is 2.14. The number of nitrogens with one attached hydrogen (secondary N) is 1. The van der Waals surface area contributed by atoms with E-state index in [9.17, 15) is 9.59 Å². The first kappa shape index (κ1) is 15.3. The summed E-state index contributed by atoms with van der Waals surface area (Å²) in [6, 6.07) is 6.51. The van der Waals surface area contributed by atoms with Crippen molar-refractivity contribution >= 4 is 11.9 Å². The van der Waals surface area contributed by atoms with E-state index in [0.29, 0.717) is 11.3 Å². The number of benzene rings is 1. The largest absolute Gasteiger partial charge is 0.497 e.